The molecular weight excluding hydrogens is 290 g/mol. The van der Waals surface area contributed by atoms with Crippen LogP contribution < -0.4 is 10.3 Å². The number of pyridine rings is 1. The van der Waals surface area contributed by atoms with Crippen LogP contribution in [0, 0.1) is 0 Å². The molecule has 3 aromatic heterocycles. The Balaban J connectivity index is 1.74. The molecule has 23 heavy (non-hydrogen) atoms. The Labute approximate surface area is 134 Å². The third-order valence-corrected chi connectivity index (χ3v) is 3.64. The molecule has 7 nitrogen and oxygen atoms in total. The van der Waals surface area contributed by atoms with Gasteiger partial charge in [0.25, 0.3) is 0 Å². The molecule has 3 rings (SSSR count). The highest BCUT2D eigenvalue weighted by Crippen LogP contribution is 2.15. The van der Waals surface area contributed by atoms with Crippen molar-refractivity contribution in [1.82, 2.24) is 19.9 Å². The first-order valence-electron chi connectivity index (χ1n) is 7.59. The molecule has 0 unspecified atom stereocenters. The van der Waals surface area contributed by atoms with E-state index in [0.29, 0.717) is 5.82 Å². The summed E-state index contributed by atoms with van der Waals surface area (Å²) in [4.78, 5) is 18.0. The largest absolute Gasteiger partial charge is 0.360 e. The van der Waals surface area contributed by atoms with Crippen LogP contribution in [0.25, 0.3) is 10.9 Å². The molecule has 7 heteroatoms. The molecule has 3 heterocycles. The highest BCUT2D eigenvalue weighted by molar-refractivity contribution is 5.98. The van der Waals surface area contributed by atoms with Gasteiger partial charge in [0.1, 0.15) is 12.1 Å². The van der Waals surface area contributed by atoms with E-state index in [4.69, 9.17) is 0 Å². The minimum absolute atomic E-state index is 0.663. The lowest BCUT2D eigenvalue weighted by Gasteiger charge is -2.19. The van der Waals surface area contributed by atoms with Gasteiger partial charge in [-0.1, -0.05) is 0 Å². The molecule has 0 aliphatic carbocycles. The SMILES string of the molecule is CCN(CC)c1cc(N/N=C/c2c[nH]c3ccncc23)ncn1. The number of hydrogen-bond donors (Lipinski definition) is 2. The fourth-order valence-corrected chi connectivity index (χ4v) is 2.39. The lowest BCUT2D eigenvalue weighted by atomic mass is 10.2. The maximum atomic E-state index is 4.29. The molecule has 0 saturated heterocycles. The lowest BCUT2D eigenvalue weighted by molar-refractivity contribution is 0.841. The second-order valence-electron chi connectivity index (χ2n) is 4.97. The maximum Gasteiger partial charge on any atom is 0.151 e. The van der Waals surface area contributed by atoms with Gasteiger partial charge in [0.2, 0.25) is 0 Å². The van der Waals surface area contributed by atoms with Crippen LogP contribution in [0.4, 0.5) is 11.6 Å². The van der Waals surface area contributed by atoms with Crippen molar-refractivity contribution in [3.8, 4) is 0 Å². The second-order valence-corrected chi connectivity index (χ2v) is 4.97. The van der Waals surface area contributed by atoms with Crippen LogP contribution in [0.2, 0.25) is 0 Å². The zero-order valence-corrected chi connectivity index (χ0v) is 13.2. The molecule has 0 fully saturated rings. The third kappa shape index (κ3) is 3.28. The molecule has 0 spiro atoms. The summed E-state index contributed by atoms with van der Waals surface area (Å²) >= 11 is 0. The molecule has 2 N–H and O–H groups in total. The van der Waals surface area contributed by atoms with Crippen LogP contribution in [-0.4, -0.2) is 39.2 Å². The molecule has 0 saturated carbocycles. The minimum Gasteiger partial charge on any atom is -0.360 e. The first-order chi connectivity index (χ1) is 11.3. The van der Waals surface area contributed by atoms with Gasteiger partial charge in [-0.05, 0) is 19.9 Å². The molecule has 0 radical (unpaired) electrons. The fourth-order valence-electron chi connectivity index (χ4n) is 2.39. The van der Waals surface area contributed by atoms with E-state index in [2.05, 4.69) is 49.2 Å². The monoisotopic (exact) mass is 309 g/mol. The van der Waals surface area contributed by atoms with Gasteiger partial charge in [-0.15, -0.1) is 0 Å². The average molecular weight is 309 g/mol. The van der Waals surface area contributed by atoms with Gasteiger partial charge >= 0.3 is 0 Å². The lowest BCUT2D eigenvalue weighted by Crippen LogP contribution is -2.23. The van der Waals surface area contributed by atoms with E-state index >= 15 is 0 Å². The normalized spacial score (nSPS) is 11.2. The van der Waals surface area contributed by atoms with E-state index in [0.717, 1.165) is 35.4 Å². The molecule has 0 aliphatic rings. The van der Waals surface area contributed by atoms with E-state index in [9.17, 15) is 0 Å². The van der Waals surface area contributed by atoms with Crippen molar-refractivity contribution in [3.05, 3.63) is 42.6 Å². The van der Waals surface area contributed by atoms with E-state index < -0.39 is 0 Å². The molecule has 0 aliphatic heterocycles. The first-order valence-corrected chi connectivity index (χ1v) is 7.59. The number of aromatic nitrogens is 4. The standard InChI is InChI=1S/C16H19N7/c1-3-23(4-2)16-7-15(19-11-20-16)22-21-9-12-8-18-14-5-6-17-10-13(12)14/h5-11,18H,3-4H2,1-2H3,(H,19,20,22)/b21-9+. The molecular formula is C16H19N7. The Morgan fingerprint density at radius 3 is 3.00 bits per heavy atom. The Morgan fingerprint density at radius 1 is 1.30 bits per heavy atom. The van der Waals surface area contributed by atoms with E-state index in [1.807, 2.05) is 24.5 Å². The van der Waals surface area contributed by atoms with Gasteiger partial charge in [-0.2, -0.15) is 5.10 Å². The average Bonchev–Trinajstić information content (AvgIpc) is 3.00. The summed E-state index contributed by atoms with van der Waals surface area (Å²) in [6, 6.07) is 3.82. The predicted octanol–water partition coefficient (Wildman–Crippen LogP) is 2.65. The van der Waals surface area contributed by atoms with Crippen molar-refractivity contribution in [2.75, 3.05) is 23.4 Å². The molecule has 0 amide bonds. The zero-order valence-electron chi connectivity index (χ0n) is 13.2. The van der Waals surface area contributed by atoms with E-state index in [1.165, 1.54) is 0 Å². The number of fused-ring (bicyclic) bond motifs is 1. The number of hydrazone groups is 1. The number of nitrogens with one attached hydrogen (secondary N) is 2. The molecule has 0 bridgehead atoms. The van der Waals surface area contributed by atoms with Crippen molar-refractivity contribution in [2.24, 2.45) is 5.10 Å². The fraction of sp³-hybridized carbons (Fsp3) is 0.250. The minimum atomic E-state index is 0.663. The van der Waals surface area contributed by atoms with Gasteiger partial charge in [-0.3, -0.25) is 10.4 Å². The van der Waals surface area contributed by atoms with Gasteiger partial charge < -0.3 is 9.88 Å². The summed E-state index contributed by atoms with van der Waals surface area (Å²) in [5.74, 6) is 1.55. The number of anilines is 2. The summed E-state index contributed by atoms with van der Waals surface area (Å²) < 4.78 is 0. The van der Waals surface area contributed by atoms with Crippen LogP contribution in [0.1, 0.15) is 19.4 Å². The summed E-state index contributed by atoms with van der Waals surface area (Å²) in [5.41, 5.74) is 4.95. The van der Waals surface area contributed by atoms with Gasteiger partial charge in [0.05, 0.1) is 6.21 Å². The maximum absolute atomic E-state index is 4.29. The van der Waals surface area contributed by atoms with Crippen molar-refractivity contribution < 1.29 is 0 Å². The highest BCUT2D eigenvalue weighted by Gasteiger charge is 2.04. The van der Waals surface area contributed by atoms with Gasteiger partial charge in [0.15, 0.2) is 5.82 Å². The van der Waals surface area contributed by atoms with Crippen LogP contribution in [0.15, 0.2) is 42.2 Å². The summed E-state index contributed by atoms with van der Waals surface area (Å²) in [6.07, 6.45) is 8.77. The number of aromatic amines is 1. The molecule has 3 aromatic rings. The smallest absolute Gasteiger partial charge is 0.151 e. The summed E-state index contributed by atoms with van der Waals surface area (Å²) in [7, 11) is 0. The third-order valence-electron chi connectivity index (χ3n) is 3.64. The van der Waals surface area contributed by atoms with Crippen LogP contribution in [-0.2, 0) is 0 Å². The Morgan fingerprint density at radius 2 is 2.17 bits per heavy atom. The number of nitrogens with zero attached hydrogens (tertiary/aromatic N) is 5. The highest BCUT2D eigenvalue weighted by atomic mass is 15.3. The Bertz CT molecular complexity index is 805. The first kappa shape index (κ1) is 15.0. The van der Waals surface area contributed by atoms with Gasteiger partial charge in [0, 0.05) is 54.2 Å². The molecule has 0 atom stereocenters. The number of hydrogen-bond acceptors (Lipinski definition) is 6. The van der Waals surface area contributed by atoms with Crippen LogP contribution >= 0.6 is 0 Å². The van der Waals surface area contributed by atoms with Gasteiger partial charge in [-0.25, -0.2) is 9.97 Å². The van der Waals surface area contributed by atoms with Crippen molar-refractivity contribution in [2.45, 2.75) is 13.8 Å². The van der Waals surface area contributed by atoms with E-state index in [1.54, 1.807) is 18.7 Å². The van der Waals surface area contributed by atoms with E-state index in [-0.39, 0.29) is 0 Å². The predicted molar refractivity (Wildman–Crippen MR) is 92.9 cm³/mol. The topological polar surface area (TPSA) is 82.1 Å². The summed E-state index contributed by atoms with van der Waals surface area (Å²) in [6.45, 7) is 6.00. The summed E-state index contributed by atoms with van der Waals surface area (Å²) in [5, 5.41) is 5.29. The molecule has 0 aromatic carbocycles. The van der Waals surface area contributed by atoms with Crippen molar-refractivity contribution >= 4 is 28.8 Å². The number of H-pyrrole nitrogens is 1. The Hall–Kier alpha value is -2.96. The molecule has 118 valence electrons. The van der Waals surface area contributed by atoms with Crippen molar-refractivity contribution in [3.63, 3.8) is 0 Å². The van der Waals surface area contributed by atoms with Crippen LogP contribution in [0.3, 0.4) is 0 Å². The Kier molecular flexibility index (Phi) is 4.46. The van der Waals surface area contributed by atoms with Crippen LogP contribution in [0.5, 0.6) is 0 Å². The second kappa shape index (κ2) is 6.87. The zero-order chi connectivity index (χ0) is 16.1. The van der Waals surface area contributed by atoms with Crippen molar-refractivity contribution in [1.29, 1.82) is 0 Å². The number of rotatable bonds is 6. The quantitative estimate of drug-likeness (QED) is 0.540.